The van der Waals surface area contributed by atoms with Gasteiger partial charge >= 0.3 is 0 Å². The fourth-order valence-corrected chi connectivity index (χ4v) is 3.44. The van der Waals surface area contributed by atoms with E-state index in [-0.39, 0.29) is 18.2 Å². The Bertz CT molecular complexity index is 977. The van der Waals surface area contributed by atoms with Crippen molar-refractivity contribution >= 4 is 29.9 Å². The van der Waals surface area contributed by atoms with Crippen LogP contribution in [-0.4, -0.2) is 16.5 Å². The van der Waals surface area contributed by atoms with E-state index in [1.807, 2.05) is 13.0 Å². The highest BCUT2D eigenvalue weighted by Crippen LogP contribution is 2.25. The molecule has 2 heterocycles. The molecule has 2 aromatic carbocycles. The molecular formula is C22H24ClFN4. The van der Waals surface area contributed by atoms with Gasteiger partial charge in [0.1, 0.15) is 11.6 Å². The number of benzene rings is 2. The summed E-state index contributed by atoms with van der Waals surface area (Å²) in [6.07, 6.45) is 1.83. The van der Waals surface area contributed by atoms with Crippen molar-refractivity contribution in [2.45, 2.75) is 33.2 Å². The molecule has 0 bridgehead atoms. The second-order valence-electron chi connectivity index (χ2n) is 6.92. The van der Waals surface area contributed by atoms with Crippen molar-refractivity contribution in [2.24, 2.45) is 0 Å². The predicted octanol–water partition coefficient (Wildman–Crippen LogP) is 5.21. The maximum absolute atomic E-state index is 13.4. The lowest BCUT2D eigenvalue weighted by Gasteiger charge is -2.29. The van der Waals surface area contributed by atoms with Crippen molar-refractivity contribution in [2.75, 3.05) is 16.8 Å². The zero-order chi connectivity index (χ0) is 18.8. The largest absolute Gasteiger partial charge is 0.340 e. The summed E-state index contributed by atoms with van der Waals surface area (Å²) < 4.78 is 13.4. The number of rotatable bonds is 4. The van der Waals surface area contributed by atoms with Crippen molar-refractivity contribution in [3.8, 4) is 0 Å². The number of hydrogen-bond donors (Lipinski definition) is 1. The van der Waals surface area contributed by atoms with Gasteiger partial charge in [0, 0.05) is 30.5 Å². The van der Waals surface area contributed by atoms with Crippen LogP contribution < -0.4 is 10.2 Å². The second kappa shape index (κ2) is 8.57. The van der Waals surface area contributed by atoms with Gasteiger partial charge in [-0.25, -0.2) is 9.37 Å². The Labute approximate surface area is 171 Å². The first-order chi connectivity index (χ1) is 13.1. The molecule has 1 aliphatic rings. The quantitative estimate of drug-likeness (QED) is 0.654. The highest BCUT2D eigenvalue weighted by molar-refractivity contribution is 5.85. The van der Waals surface area contributed by atoms with Crippen molar-refractivity contribution in [1.82, 2.24) is 9.97 Å². The van der Waals surface area contributed by atoms with E-state index in [9.17, 15) is 4.39 Å². The minimum absolute atomic E-state index is 0. The van der Waals surface area contributed by atoms with E-state index < -0.39 is 0 Å². The standard InChI is InChI=1S/C22H23FN4.ClH/c1-3-19-13-21(25-20-9-8-18(23)12-15(20)2)26-22(24-19)27-11-10-16-6-4-5-7-17(16)14-27;/h4-9,12-13H,3,10-11,14H2,1-2H3,(H,24,25,26);1H. The second-order valence-corrected chi connectivity index (χ2v) is 6.92. The van der Waals surface area contributed by atoms with E-state index in [4.69, 9.17) is 9.97 Å². The molecule has 6 heteroatoms. The van der Waals surface area contributed by atoms with Gasteiger partial charge in [-0.3, -0.25) is 0 Å². The normalized spacial score (nSPS) is 12.9. The van der Waals surface area contributed by atoms with Crippen LogP contribution in [-0.2, 0) is 19.4 Å². The molecule has 0 saturated heterocycles. The smallest absolute Gasteiger partial charge is 0.227 e. The van der Waals surface area contributed by atoms with E-state index in [2.05, 4.69) is 41.4 Å². The Hall–Kier alpha value is -2.66. The minimum atomic E-state index is -0.234. The summed E-state index contributed by atoms with van der Waals surface area (Å²) in [5.74, 6) is 1.25. The van der Waals surface area contributed by atoms with Gasteiger partial charge in [-0.1, -0.05) is 31.2 Å². The molecule has 0 aliphatic carbocycles. The van der Waals surface area contributed by atoms with Crippen molar-refractivity contribution in [1.29, 1.82) is 0 Å². The van der Waals surface area contributed by atoms with Crippen LogP contribution in [0.5, 0.6) is 0 Å². The molecule has 0 spiro atoms. The Balaban J connectivity index is 0.00000225. The van der Waals surface area contributed by atoms with Crippen LogP contribution in [0, 0.1) is 12.7 Å². The number of anilines is 3. The Morgan fingerprint density at radius 2 is 1.86 bits per heavy atom. The monoisotopic (exact) mass is 398 g/mol. The first-order valence-electron chi connectivity index (χ1n) is 9.35. The maximum Gasteiger partial charge on any atom is 0.227 e. The number of halogens is 2. The molecule has 146 valence electrons. The number of aromatic nitrogens is 2. The van der Waals surface area contributed by atoms with Gasteiger partial charge in [0.2, 0.25) is 5.95 Å². The number of hydrogen-bond acceptors (Lipinski definition) is 4. The Kier molecular flexibility index (Phi) is 6.15. The zero-order valence-electron chi connectivity index (χ0n) is 16.1. The van der Waals surface area contributed by atoms with Crippen LogP contribution in [0.3, 0.4) is 0 Å². The molecular weight excluding hydrogens is 375 g/mol. The summed E-state index contributed by atoms with van der Waals surface area (Å²) in [6, 6.07) is 15.2. The van der Waals surface area contributed by atoms with Crippen LogP contribution in [0.2, 0.25) is 0 Å². The third kappa shape index (κ3) is 4.25. The molecule has 28 heavy (non-hydrogen) atoms. The van der Waals surface area contributed by atoms with E-state index in [1.165, 1.54) is 23.3 Å². The SMILES string of the molecule is CCc1cc(Nc2ccc(F)cc2C)nc(N2CCc3ccccc3C2)n1.Cl. The summed E-state index contributed by atoms with van der Waals surface area (Å²) in [7, 11) is 0. The van der Waals surface area contributed by atoms with E-state index in [0.717, 1.165) is 54.6 Å². The average Bonchev–Trinajstić information content (AvgIpc) is 2.69. The lowest BCUT2D eigenvalue weighted by Crippen LogP contribution is -2.32. The molecule has 0 saturated carbocycles. The molecule has 1 aliphatic heterocycles. The predicted molar refractivity (Wildman–Crippen MR) is 114 cm³/mol. The summed E-state index contributed by atoms with van der Waals surface area (Å²) in [6.45, 7) is 5.69. The van der Waals surface area contributed by atoms with Crippen LogP contribution in [0.1, 0.15) is 29.3 Å². The number of nitrogens with one attached hydrogen (secondary N) is 1. The van der Waals surface area contributed by atoms with Crippen molar-refractivity contribution < 1.29 is 4.39 Å². The zero-order valence-corrected chi connectivity index (χ0v) is 16.9. The number of aryl methyl sites for hydroxylation is 2. The van der Waals surface area contributed by atoms with Gasteiger partial charge in [0.25, 0.3) is 0 Å². The van der Waals surface area contributed by atoms with Gasteiger partial charge in [-0.05, 0) is 54.7 Å². The minimum Gasteiger partial charge on any atom is -0.340 e. The van der Waals surface area contributed by atoms with Gasteiger partial charge in [0.05, 0.1) is 0 Å². The summed E-state index contributed by atoms with van der Waals surface area (Å²) >= 11 is 0. The lowest BCUT2D eigenvalue weighted by molar-refractivity contribution is 0.627. The molecule has 0 atom stereocenters. The Morgan fingerprint density at radius 1 is 1.07 bits per heavy atom. The highest BCUT2D eigenvalue weighted by atomic mass is 35.5. The molecule has 4 rings (SSSR count). The summed E-state index contributed by atoms with van der Waals surface area (Å²) in [4.78, 5) is 11.7. The van der Waals surface area contributed by atoms with Crippen molar-refractivity contribution in [3.63, 3.8) is 0 Å². The third-order valence-electron chi connectivity index (χ3n) is 4.99. The van der Waals surface area contributed by atoms with Crippen LogP contribution in [0.25, 0.3) is 0 Å². The highest BCUT2D eigenvalue weighted by Gasteiger charge is 2.19. The first-order valence-corrected chi connectivity index (χ1v) is 9.35. The van der Waals surface area contributed by atoms with Crippen LogP contribution in [0.15, 0.2) is 48.5 Å². The van der Waals surface area contributed by atoms with Gasteiger partial charge < -0.3 is 10.2 Å². The summed E-state index contributed by atoms with van der Waals surface area (Å²) in [5.41, 5.74) is 5.42. The van der Waals surface area contributed by atoms with E-state index in [0.29, 0.717) is 0 Å². The fourth-order valence-electron chi connectivity index (χ4n) is 3.44. The summed E-state index contributed by atoms with van der Waals surface area (Å²) in [5, 5.41) is 3.33. The van der Waals surface area contributed by atoms with Crippen molar-refractivity contribution in [3.05, 3.63) is 76.7 Å². The van der Waals surface area contributed by atoms with Gasteiger partial charge in [-0.15, -0.1) is 12.4 Å². The maximum atomic E-state index is 13.4. The van der Waals surface area contributed by atoms with Crippen LogP contribution >= 0.6 is 12.4 Å². The molecule has 3 aromatic rings. The first kappa shape index (κ1) is 20.1. The molecule has 0 amide bonds. The lowest BCUT2D eigenvalue weighted by atomic mass is 10.0. The van der Waals surface area contributed by atoms with Gasteiger partial charge in [0.15, 0.2) is 0 Å². The average molecular weight is 399 g/mol. The number of fused-ring (bicyclic) bond motifs is 1. The Morgan fingerprint density at radius 3 is 2.61 bits per heavy atom. The topological polar surface area (TPSA) is 41.1 Å². The van der Waals surface area contributed by atoms with Gasteiger partial charge in [-0.2, -0.15) is 4.98 Å². The number of nitrogens with zero attached hydrogens (tertiary/aromatic N) is 3. The molecule has 1 N–H and O–H groups in total. The third-order valence-corrected chi connectivity index (χ3v) is 4.99. The van der Waals surface area contributed by atoms with E-state index in [1.54, 1.807) is 6.07 Å². The fraction of sp³-hybridized carbons (Fsp3) is 0.273. The molecule has 0 fully saturated rings. The van der Waals surface area contributed by atoms with Crippen LogP contribution in [0.4, 0.5) is 21.8 Å². The molecule has 4 nitrogen and oxygen atoms in total. The molecule has 0 unspecified atom stereocenters. The molecule has 1 aromatic heterocycles. The molecule has 0 radical (unpaired) electrons. The van der Waals surface area contributed by atoms with E-state index >= 15 is 0 Å².